The van der Waals surface area contributed by atoms with Crippen LogP contribution in [0.15, 0.2) is 84.0 Å². The number of non-ortho nitro benzene ring substituents is 1. The van der Waals surface area contributed by atoms with Crippen molar-refractivity contribution < 1.29 is 9.72 Å². The largest absolute Gasteiger partial charge is 0.291 e. The molecule has 1 aliphatic heterocycles. The first-order valence-corrected chi connectivity index (χ1v) is 10.3. The lowest BCUT2D eigenvalue weighted by molar-refractivity contribution is -0.384. The molecule has 2 atom stereocenters. The Balaban J connectivity index is 1.67. The van der Waals surface area contributed by atoms with Gasteiger partial charge in [-0.1, -0.05) is 54.6 Å². The topological polar surface area (TPSA) is 75.8 Å². The SMILES string of the molecule is CN1N=C(c2ccc([N+](=O)[O-])cc2)[C@@H](c2ccccc2)C12CCc1ccccc1C2=O. The van der Waals surface area contributed by atoms with E-state index in [1.165, 1.54) is 12.1 Å². The highest BCUT2D eigenvalue weighted by Gasteiger charge is 2.57. The summed E-state index contributed by atoms with van der Waals surface area (Å²) in [5, 5.41) is 17.8. The van der Waals surface area contributed by atoms with Crippen LogP contribution < -0.4 is 0 Å². The Morgan fingerprint density at radius 2 is 1.68 bits per heavy atom. The number of nitrogens with zero attached hydrogens (tertiary/aromatic N) is 3. The number of rotatable bonds is 3. The fraction of sp³-hybridized carbons (Fsp3) is 0.200. The van der Waals surface area contributed by atoms with Crippen molar-refractivity contribution in [1.29, 1.82) is 0 Å². The van der Waals surface area contributed by atoms with Crippen LogP contribution in [-0.2, 0) is 6.42 Å². The second-order valence-corrected chi connectivity index (χ2v) is 8.07. The summed E-state index contributed by atoms with van der Waals surface area (Å²) in [4.78, 5) is 24.6. The average Bonchev–Trinajstić information content (AvgIpc) is 3.10. The molecule has 1 unspecified atom stereocenters. The third-order valence-electron chi connectivity index (χ3n) is 6.52. The molecule has 31 heavy (non-hydrogen) atoms. The summed E-state index contributed by atoms with van der Waals surface area (Å²) in [5.41, 5.74) is 3.59. The Morgan fingerprint density at radius 1 is 1.00 bits per heavy atom. The third-order valence-corrected chi connectivity index (χ3v) is 6.52. The molecule has 0 aromatic heterocycles. The number of Topliss-reactive ketones (excluding diaryl/α,β-unsaturated/α-hetero) is 1. The maximum Gasteiger partial charge on any atom is 0.269 e. The molecule has 5 rings (SSSR count). The van der Waals surface area contributed by atoms with E-state index in [0.717, 1.165) is 34.4 Å². The Morgan fingerprint density at radius 3 is 2.39 bits per heavy atom. The second-order valence-electron chi connectivity index (χ2n) is 8.07. The first kappa shape index (κ1) is 19.2. The van der Waals surface area contributed by atoms with Crippen LogP contribution in [0, 0.1) is 10.1 Å². The van der Waals surface area contributed by atoms with Crippen LogP contribution in [0.25, 0.3) is 0 Å². The minimum absolute atomic E-state index is 0.0318. The minimum atomic E-state index is -0.827. The van der Waals surface area contributed by atoms with Crippen molar-refractivity contribution in [3.63, 3.8) is 0 Å². The minimum Gasteiger partial charge on any atom is -0.291 e. The summed E-state index contributed by atoms with van der Waals surface area (Å²) >= 11 is 0. The number of hydrogen-bond acceptors (Lipinski definition) is 5. The Hall–Kier alpha value is -3.80. The molecule has 0 bridgehead atoms. The highest BCUT2D eigenvalue weighted by atomic mass is 16.6. The van der Waals surface area contributed by atoms with Crippen LogP contribution in [0.1, 0.15) is 39.4 Å². The molecular weight excluding hydrogens is 390 g/mol. The second kappa shape index (κ2) is 7.16. The van der Waals surface area contributed by atoms with Crippen LogP contribution in [0.2, 0.25) is 0 Å². The molecular formula is C25H21N3O3. The summed E-state index contributed by atoms with van der Waals surface area (Å²) < 4.78 is 0. The van der Waals surface area contributed by atoms with E-state index in [4.69, 9.17) is 5.10 Å². The lowest BCUT2D eigenvalue weighted by Gasteiger charge is -2.42. The molecule has 6 nitrogen and oxygen atoms in total. The summed E-state index contributed by atoms with van der Waals surface area (Å²) in [7, 11) is 1.86. The molecule has 2 aliphatic rings. The van der Waals surface area contributed by atoms with Crippen molar-refractivity contribution in [3.05, 3.63) is 111 Å². The van der Waals surface area contributed by atoms with E-state index in [1.807, 2.05) is 66.7 Å². The van der Waals surface area contributed by atoms with Gasteiger partial charge in [-0.25, -0.2) is 0 Å². The van der Waals surface area contributed by atoms with E-state index in [9.17, 15) is 14.9 Å². The molecule has 0 saturated heterocycles. The first-order valence-electron chi connectivity index (χ1n) is 10.3. The molecule has 3 aromatic rings. The smallest absolute Gasteiger partial charge is 0.269 e. The van der Waals surface area contributed by atoms with Crippen molar-refractivity contribution in [3.8, 4) is 0 Å². The zero-order valence-electron chi connectivity index (χ0n) is 17.1. The van der Waals surface area contributed by atoms with Crippen molar-refractivity contribution in [1.82, 2.24) is 5.01 Å². The predicted molar refractivity (Wildman–Crippen MR) is 118 cm³/mol. The molecule has 1 heterocycles. The van der Waals surface area contributed by atoms with Gasteiger partial charge >= 0.3 is 0 Å². The van der Waals surface area contributed by atoms with Gasteiger partial charge in [0, 0.05) is 24.7 Å². The molecule has 0 N–H and O–H groups in total. The Kier molecular flexibility index (Phi) is 4.43. The molecule has 0 saturated carbocycles. The van der Waals surface area contributed by atoms with Crippen LogP contribution in [-0.4, -0.2) is 34.0 Å². The van der Waals surface area contributed by atoms with E-state index in [-0.39, 0.29) is 17.4 Å². The highest BCUT2D eigenvalue weighted by molar-refractivity contribution is 6.16. The van der Waals surface area contributed by atoms with E-state index in [0.29, 0.717) is 6.42 Å². The third kappa shape index (κ3) is 2.86. The molecule has 3 aromatic carbocycles. The fourth-order valence-corrected chi connectivity index (χ4v) is 4.99. The average molecular weight is 411 g/mol. The lowest BCUT2D eigenvalue weighted by Crippen LogP contribution is -2.55. The molecule has 6 heteroatoms. The summed E-state index contributed by atoms with van der Waals surface area (Å²) in [6.07, 6.45) is 1.44. The molecule has 1 aliphatic carbocycles. The molecule has 154 valence electrons. The van der Waals surface area contributed by atoms with Crippen LogP contribution in [0.5, 0.6) is 0 Å². The zero-order chi connectivity index (χ0) is 21.6. The molecule has 0 radical (unpaired) electrons. The normalized spacial score (nSPS) is 22.4. The fourth-order valence-electron chi connectivity index (χ4n) is 4.99. The van der Waals surface area contributed by atoms with Crippen LogP contribution in [0.3, 0.4) is 0 Å². The van der Waals surface area contributed by atoms with E-state index >= 15 is 0 Å². The maximum atomic E-state index is 14.0. The van der Waals surface area contributed by atoms with E-state index < -0.39 is 10.5 Å². The standard InChI is InChI=1S/C25H21N3O3/c1-27-25(16-15-17-7-5-6-10-21(17)24(25)29)22(18-8-3-2-4-9-18)23(26-27)19-11-13-20(14-12-19)28(30)31/h2-14,22H,15-16H2,1H3/t22-,25?/m1/s1. The number of fused-ring (bicyclic) bond motifs is 1. The summed E-state index contributed by atoms with van der Waals surface area (Å²) in [6, 6.07) is 24.2. The Bertz CT molecular complexity index is 1200. The molecule has 0 fully saturated rings. The van der Waals surface area contributed by atoms with Gasteiger partial charge in [-0.3, -0.25) is 19.9 Å². The highest BCUT2D eigenvalue weighted by Crippen LogP contribution is 2.48. The van der Waals surface area contributed by atoms with Gasteiger partial charge in [0.25, 0.3) is 5.69 Å². The molecule has 0 amide bonds. The van der Waals surface area contributed by atoms with Gasteiger partial charge in [0.1, 0.15) is 5.54 Å². The number of ketones is 1. The van der Waals surface area contributed by atoms with E-state index in [2.05, 4.69) is 0 Å². The number of nitro benzene ring substituents is 1. The van der Waals surface area contributed by atoms with Gasteiger partial charge in [0.05, 0.1) is 16.6 Å². The van der Waals surface area contributed by atoms with Gasteiger partial charge in [-0.05, 0) is 41.7 Å². The summed E-state index contributed by atoms with van der Waals surface area (Å²) in [5.74, 6) is -0.202. The zero-order valence-corrected chi connectivity index (χ0v) is 17.1. The van der Waals surface area contributed by atoms with Gasteiger partial charge in [-0.2, -0.15) is 5.10 Å². The van der Waals surface area contributed by atoms with Gasteiger partial charge in [0.2, 0.25) is 0 Å². The van der Waals surface area contributed by atoms with Crippen molar-refractivity contribution >= 4 is 17.2 Å². The monoisotopic (exact) mass is 411 g/mol. The van der Waals surface area contributed by atoms with Gasteiger partial charge in [0.15, 0.2) is 5.78 Å². The van der Waals surface area contributed by atoms with E-state index in [1.54, 1.807) is 12.1 Å². The van der Waals surface area contributed by atoms with Gasteiger partial charge < -0.3 is 0 Å². The Labute approximate surface area is 180 Å². The number of aryl methyl sites for hydroxylation is 1. The quantitative estimate of drug-likeness (QED) is 0.466. The van der Waals surface area contributed by atoms with Crippen LogP contribution >= 0.6 is 0 Å². The van der Waals surface area contributed by atoms with Crippen LogP contribution in [0.4, 0.5) is 5.69 Å². The van der Waals surface area contributed by atoms with Gasteiger partial charge in [-0.15, -0.1) is 0 Å². The number of benzene rings is 3. The number of likely N-dealkylation sites (N-methyl/N-ethyl adjacent to an activating group) is 1. The summed E-state index contributed by atoms with van der Waals surface area (Å²) in [6.45, 7) is 0. The van der Waals surface area contributed by atoms with Crippen molar-refractivity contribution in [2.24, 2.45) is 5.10 Å². The molecule has 1 spiro atoms. The van der Waals surface area contributed by atoms with Crippen molar-refractivity contribution in [2.75, 3.05) is 7.05 Å². The number of carbonyl (C=O) groups is 1. The number of nitro groups is 1. The first-order chi connectivity index (χ1) is 15.0. The number of hydrazone groups is 1. The predicted octanol–water partition coefficient (Wildman–Crippen LogP) is 4.60. The van der Waals surface area contributed by atoms with Crippen molar-refractivity contribution in [2.45, 2.75) is 24.3 Å². The number of carbonyl (C=O) groups excluding carboxylic acids is 1. The lowest BCUT2D eigenvalue weighted by atomic mass is 9.66. The number of hydrogen-bond donors (Lipinski definition) is 0. The maximum absolute atomic E-state index is 14.0.